The van der Waals surface area contributed by atoms with Crippen LogP contribution in [0.3, 0.4) is 0 Å². The second-order valence-corrected chi connectivity index (χ2v) is 14.3. The van der Waals surface area contributed by atoms with Crippen molar-refractivity contribution in [3.05, 3.63) is 61.2 Å². The number of nitrogens with zero attached hydrogens (tertiary/aromatic N) is 1. The molecule has 1 N–H and O–H groups in total. The lowest BCUT2D eigenvalue weighted by molar-refractivity contribution is 0.0959. The largest absolute Gasteiger partial charge is 0.350 e. The molecule has 0 radical (unpaired) electrons. The third-order valence-corrected chi connectivity index (χ3v) is 9.66. The summed E-state index contributed by atoms with van der Waals surface area (Å²) in [7, 11) is -3.13. The molecule has 0 aliphatic carbocycles. The number of thiophene rings is 1. The van der Waals surface area contributed by atoms with E-state index in [4.69, 9.17) is 0 Å². The van der Waals surface area contributed by atoms with Gasteiger partial charge in [-0.3, -0.25) is 4.79 Å². The van der Waals surface area contributed by atoms with E-state index in [9.17, 15) is 18.1 Å². The monoisotopic (exact) mass is 534 g/mol. The number of benzene rings is 1. The molecule has 0 saturated heterocycles. The van der Waals surface area contributed by atoms with E-state index in [1.54, 1.807) is 0 Å². The lowest BCUT2D eigenvalue weighted by atomic mass is 9.73. The van der Waals surface area contributed by atoms with E-state index in [0.29, 0.717) is 4.88 Å². The van der Waals surface area contributed by atoms with Gasteiger partial charge in [-0.1, -0.05) is 58.0 Å². The first-order chi connectivity index (χ1) is 16.7. The molecule has 0 saturated carbocycles. The topological polar surface area (TPSA) is 92.7 Å². The number of sulfone groups is 1. The van der Waals surface area contributed by atoms with Crippen molar-refractivity contribution >= 4 is 27.1 Å². The summed E-state index contributed by atoms with van der Waals surface area (Å²) in [5.41, 5.74) is 4.18. The molecule has 1 aromatic heterocycles. The predicted octanol–water partition coefficient (Wildman–Crippen LogP) is 6.36. The van der Waals surface area contributed by atoms with Gasteiger partial charge in [-0.2, -0.15) is 4.91 Å². The number of nitroso groups, excluding NO2 is 1. The third kappa shape index (κ3) is 7.25. The summed E-state index contributed by atoms with van der Waals surface area (Å²) in [6.45, 7) is 14.7. The molecule has 0 bridgehead atoms. The fraction of sp³-hybridized carbons (Fsp3) is 0.607. The number of carbonyl (C=O) groups excluding carboxylic acids is 1. The van der Waals surface area contributed by atoms with Crippen molar-refractivity contribution in [3.63, 3.8) is 0 Å². The van der Waals surface area contributed by atoms with Crippen molar-refractivity contribution in [3.8, 4) is 0 Å². The molecule has 1 atom stereocenters. The Morgan fingerprint density at radius 2 is 1.72 bits per heavy atom. The van der Waals surface area contributed by atoms with Gasteiger partial charge in [0.1, 0.15) is 9.84 Å². The van der Waals surface area contributed by atoms with E-state index in [2.05, 4.69) is 76.3 Å². The van der Waals surface area contributed by atoms with E-state index in [1.165, 1.54) is 34.3 Å². The lowest BCUT2D eigenvalue weighted by Crippen LogP contribution is -2.28. The number of hydrogen-bond acceptors (Lipinski definition) is 6. The second kappa shape index (κ2) is 12.0. The van der Waals surface area contributed by atoms with E-state index >= 15 is 0 Å². The van der Waals surface area contributed by atoms with Gasteiger partial charge in [0.25, 0.3) is 5.91 Å². The third-order valence-electron chi connectivity index (χ3n) is 7.27. The van der Waals surface area contributed by atoms with Crippen LogP contribution in [0.5, 0.6) is 0 Å². The highest BCUT2D eigenvalue weighted by Crippen LogP contribution is 2.44. The SMILES string of the molecule is CCC(CC)(c1ccc(CCC(N=O)C(C)(C)C)c(C)c1)c1cc(C)c(C(=O)NCCS(C)(=O)=O)s1. The number of nitrogens with one attached hydrogen (secondary N) is 1. The highest BCUT2D eigenvalue weighted by Gasteiger charge is 2.34. The Kier molecular flexibility index (Phi) is 10.0. The molecule has 1 unspecified atom stereocenters. The number of aryl methyl sites for hydroxylation is 3. The first-order valence-electron chi connectivity index (χ1n) is 12.7. The molecule has 2 rings (SSSR count). The zero-order valence-electron chi connectivity index (χ0n) is 23.0. The molecule has 0 fully saturated rings. The normalized spacial score (nSPS) is 13.4. The summed E-state index contributed by atoms with van der Waals surface area (Å²) < 4.78 is 22.8. The van der Waals surface area contributed by atoms with E-state index in [0.717, 1.165) is 36.1 Å². The number of hydrogen-bond donors (Lipinski definition) is 1. The van der Waals surface area contributed by atoms with Gasteiger partial charge in [0.05, 0.1) is 16.7 Å². The molecule has 6 nitrogen and oxygen atoms in total. The average molecular weight is 535 g/mol. The van der Waals surface area contributed by atoms with Crippen LogP contribution in [0.15, 0.2) is 29.4 Å². The van der Waals surface area contributed by atoms with Gasteiger partial charge >= 0.3 is 0 Å². The summed E-state index contributed by atoms with van der Waals surface area (Å²) in [4.78, 5) is 25.9. The van der Waals surface area contributed by atoms with Gasteiger partial charge in [0.2, 0.25) is 0 Å². The minimum atomic E-state index is -3.13. The lowest BCUT2D eigenvalue weighted by Gasteiger charge is -2.32. The van der Waals surface area contributed by atoms with Crippen LogP contribution < -0.4 is 5.32 Å². The van der Waals surface area contributed by atoms with Gasteiger partial charge in [0.15, 0.2) is 0 Å². The van der Waals surface area contributed by atoms with E-state index < -0.39 is 9.84 Å². The van der Waals surface area contributed by atoms with Crippen molar-refractivity contribution in [2.45, 2.75) is 85.6 Å². The van der Waals surface area contributed by atoms with Crippen molar-refractivity contribution in [2.75, 3.05) is 18.6 Å². The Morgan fingerprint density at radius 3 is 2.22 bits per heavy atom. The molecule has 2 aromatic rings. The Morgan fingerprint density at radius 1 is 1.08 bits per heavy atom. The standard InChI is InChI=1S/C28H42N2O4S2/c1-9-28(10-2,24-18-20(4)25(35-24)26(31)29-15-16-36(8,33)34)22-13-11-21(19(3)17-22)12-14-23(30-32)27(5,6)7/h11,13,17-18,23H,9-10,12,14-16H2,1-8H3,(H,29,31). The Bertz CT molecular complexity index is 1170. The zero-order valence-corrected chi connectivity index (χ0v) is 24.7. The zero-order chi connectivity index (χ0) is 27.3. The minimum Gasteiger partial charge on any atom is -0.350 e. The van der Waals surface area contributed by atoms with Crippen molar-refractivity contribution in [1.29, 1.82) is 0 Å². The molecule has 0 aliphatic rings. The predicted molar refractivity (Wildman–Crippen MR) is 151 cm³/mol. The van der Waals surface area contributed by atoms with Crippen molar-refractivity contribution in [1.82, 2.24) is 5.32 Å². The van der Waals surface area contributed by atoms with Crippen LogP contribution >= 0.6 is 11.3 Å². The molecule has 1 amide bonds. The Balaban J connectivity index is 2.33. The van der Waals surface area contributed by atoms with Crippen molar-refractivity contribution < 1.29 is 13.2 Å². The quantitative estimate of drug-likeness (QED) is 0.321. The first kappa shape index (κ1) is 30.2. The minimum absolute atomic E-state index is 0.0745. The summed E-state index contributed by atoms with van der Waals surface area (Å²) >= 11 is 1.50. The second-order valence-electron chi connectivity index (χ2n) is 11.0. The van der Waals surface area contributed by atoms with E-state index in [-0.39, 0.29) is 35.1 Å². The van der Waals surface area contributed by atoms with Crippen LogP contribution in [0.2, 0.25) is 0 Å². The Hall–Kier alpha value is -2.06. The smallest absolute Gasteiger partial charge is 0.261 e. The number of carbonyl (C=O) groups is 1. The maximum Gasteiger partial charge on any atom is 0.261 e. The van der Waals surface area contributed by atoms with Gasteiger partial charge in [-0.05, 0) is 73.3 Å². The van der Waals surface area contributed by atoms with Gasteiger partial charge < -0.3 is 5.32 Å². The number of rotatable bonds is 12. The van der Waals surface area contributed by atoms with Gasteiger partial charge in [0, 0.05) is 23.1 Å². The molecule has 36 heavy (non-hydrogen) atoms. The molecule has 200 valence electrons. The first-order valence-corrected chi connectivity index (χ1v) is 15.6. The maximum atomic E-state index is 12.8. The van der Waals surface area contributed by atoms with Gasteiger partial charge in [-0.15, -0.1) is 11.3 Å². The average Bonchev–Trinajstić information content (AvgIpc) is 3.16. The van der Waals surface area contributed by atoms with Gasteiger partial charge in [-0.25, -0.2) is 8.42 Å². The molecule has 8 heteroatoms. The summed E-state index contributed by atoms with van der Waals surface area (Å²) in [5, 5.41) is 6.13. The summed E-state index contributed by atoms with van der Waals surface area (Å²) in [6, 6.07) is 8.50. The molecular weight excluding hydrogens is 492 g/mol. The highest BCUT2D eigenvalue weighted by molar-refractivity contribution is 7.90. The molecular formula is C28H42N2O4S2. The van der Waals surface area contributed by atoms with Crippen LogP contribution in [-0.2, 0) is 21.7 Å². The fourth-order valence-corrected chi connectivity index (χ4v) is 6.65. The fourth-order valence-electron chi connectivity index (χ4n) is 4.73. The van der Waals surface area contributed by atoms with Crippen LogP contribution in [0.1, 0.15) is 90.7 Å². The van der Waals surface area contributed by atoms with Crippen LogP contribution in [0, 0.1) is 24.2 Å². The summed E-state index contributed by atoms with van der Waals surface area (Å²) in [5.74, 6) is -0.299. The molecule has 1 heterocycles. The number of amides is 1. The maximum absolute atomic E-state index is 12.8. The van der Waals surface area contributed by atoms with Crippen LogP contribution in [0.4, 0.5) is 0 Å². The van der Waals surface area contributed by atoms with Crippen LogP contribution in [-0.4, -0.2) is 38.9 Å². The summed E-state index contributed by atoms with van der Waals surface area (Å²) in [6.07, 6.45) is 4.47. The molecule has 0 aliphatic heterocycles. The molecule has 0 spiro atoms. The van der Waals surface area contributed by atoms with Crippen LogP contribution in [0.25, 0.3) is 0 Å². The highest BCUT2D eigenvalue weighted by atomic mass is 32.2. The van der Waals surface area contributed by atoms with E-state index in [1.807, 2.05) is 6.92 Å². The van der Waals surface area contributed by atoms with Crippen molar-refractivity contribution in [2.24, 2.45) is 10.6 Å². The Labute approximate surface area is 221 Å². The molecule has 1 aromatic carbocycles.